The molecular formula is C12H9ClF3N3. The van der Waals surface area contributed by atoms with Crippen molar-refractivity contribution in [1.29, 1.82) is 0 Å². The minimum absolute atomic E-state index is 0.0343. The van der Waals surface area contributed by atoms with Crippen molar-refractivity contribution in [2.24, 2.45) is 0 Å². The summed E-state index contributed by atoms with van der Waals surface area (Å²) in [7, 11) is 0. The van der Waals surface area contributed by atoms with Gasteiger partial charge in [-0.1, -0.05) is 23.7 Å². The smallest absolute Gasteiger partial charge is 0.382 e. The number of anilines is 3. The summed E-state index contributed by atoms with van der Waals surface area (Å²) in [6, 6.07) is 7.54. The summed E-state index contributed by atoms with van der Waals surface area (Å²) in [5, 5.41) is 3.11. The molecular weight excluding hydrogens is 279 g/mol. The lowest BCUT2D eigenvalue weighted by atomic mass is 10.2. The Bertz CT molecular complexity index is 599. The molecule has 0 aliphatic carbocycles. The van der Waals surface area contributed by atoms with Crippen molar-refractivity contribution in [3.8, 4) is 0 Å². The second kappa shape index (κ2) is 4.97. The maximum atomic E-state index is 12.6. The molecule has 1 aromatic heterocycles. The molecule has 0 aliphatic heterocycles. The largest absolute Gasteiger partial charge is 0.417 e. The highest BCUT2D eigenvalue weighted by Gasteiger charge is 2.31. The van der Waals surface area contributed by atoms with E-state index >= 15 is 0 Å². The lowest BCUT2D eigenvalue weighted by molar-refractivity contribution is -0.137. The Labute approximate surface area is 112 Å². The van der Waals surface area contributed by atoms with E-state index in [9.17, 15) is 13.2 Å². The third-order valence-corrected chi connectivity index (χ3v) is 2.72. The van der Waals surface area contributed by atoms with E-state index in [0.29, 0.717) is 16.9 Å². The quantitative estimate of drug-likeness (QED) is 0.875. The molecule has 0 radical (unpaired) electrons. The molecule has 2 aromatic rings. The van der Waals surface area contributed by atoms with Crippen LogP contribution < -0.4 is 11.1 Å². The first-order valence-electron chi connectivity index (χ1n) is 5.22. The van der Waals surface area contributed by atoms with Gasteiger partial charge in [0.2, 0.25) is 0 Å². The molecule has 7 heteroatoms. The lowest BCUT2D eigenvalue weighted by Crippen LogP contribution is -2.08. The second-order valence-corrected chi connectivity index (χ2v) is 4.17. The topological polar surface area (TPSA) is 50.9 Å². The molecule has 0 saturated heterocycles. The first-order valence-corrected chi connectivity index (χ1v) is 5.60. The molecule has 100 valence electrons. The molecule has 0 fully saturated rings. The molecule has 2 rings (SSSR count). The molecule has 0 saturated carbocycles. The number of aromatic nitrogens is 1. The fourth-order valence-electron chi connectivity index (χ4n) is 1.44. The average molecular weight is 288 g/mol. The van der Waals surface area contributed by atoms with Gasteiger partial charge in [0.05, 0.1) is 22.0 Å². The normalized spacial score (nSPS) is 11.4. The van der Waals surface area contributed by atoms with Crippen molar-refractivity contribution >= 4 is 28.8 Å². The highest BCUT2D eigenvalue weighted by Crippen LogP contribution is 2.33. The molecule has 0 amide bonds. The van der Waals surface area contributed by atoms with Gasteiger partial charge in [-0.2, -0.15) is 13.2 Å². The summed E-state index contributed by atoms with van der Waals surface area (Å²) in [5.41, 5.74) is 5.18. The SMILES string of the molecule is Nc1ncc(C(F)(F)F)cc1Nc1ccccc1Cl. The third kappa shape index (κ3) is 3.08. The van der Waals surface area contributed by atoms with E-state index in [4.69, 9.17) is 17.3 Å². The van der Waals surface area contributed by atoms with Gasteiger partial charge in [-0.3, -0.25) is 0 Å². The van der Waals surface area contributed by atoms with Crippen LogP contribution in [0.2, 0.25) is 5.02 Å². The molecule has 1 heterocycles. The van der Waals surface area contributed by atoms with E-state index in [1.807, 2.05) is 0 Å². The number of hydrogen-bond donors (Lipinski definition) is 2. The Kier molecular flexibility index (Phi) is 3.53. The molecule has 0 bridgehead atoms. The van der Waals surface area contributed by atoms with E-state index < -0.39 is 11.7 Å². The van der Waals surface area contributed by atoms with Crippen LogP contribution in [0.4, 0.5) is 30.4 Å². The summed E-state index contributed by atoms with van der Waals surface area (Å²) in [5.74, 6) is -0.0343. The number of pyridine rings is 1. The third-order valence-electron chi connectivity index (χ3n) is 2.39. The number of halogens is 4. The second-order valence-electron chi connectivity index (χ2n) is 3.76. The van der Waals surface area contributed by atoms with Crippen molar-refractivity contribution in [3.05, 3.63) is 47.1 Å². The van der Waals surface area contributed by atoms with Gasteiger partial charge in [0.25, 0.3) is 0 Å². The number of hydrogen-bond acceptors (Lipinski definition) is 3. The average Bonchev–Trinajstić information content (AvgIpc) is 2.33. The summed E-state index contributed by atoms with van der Waals surface area (Å²) >= 11 is 5.91. The van der Waals surface area contributed by atoms with Crippen LogP contribution in [0.25, 0.3) is 0 Å². The predicted octanol–water partition coefficient (Wildman–Crippen LogP) is 4.08. The van der Waals surface area contributed by atoms with Crippen LogP contribution in [0.1, 0.15) is 5.56 Å². The molecule has 0 spiro atoms. The van der Waals surface area contributed by atoms with E-state index in [-0.39, 0.29) is 11.5 Å². The maximum absolute atomic E-state index is 12.6. The standard InChI is InChI=1S/C12H9ClF3N3/c13-8-3-1-2-4-9(8)19-10-5-7(12(14,15)16)6-18-11(10)17/h1-6,19H,(H2,17,18). The fraction of sp³-hybridized carbons (Fsp3) is 0.0833. The van der Waals surface area contributed by atoms with Gasteiger partial charge < -0.3 is 11.1 Å². The van der Waals surface area contributed by atoms with Gasteiger partial charge >= 0.3 is 6.18 Å². The van der Waals surface area contributed by atoms with Crippen molar-refractivity contribution in [3.63, 3.8) is 0 Å². The van der Waals surface area contributed by atoms with Crippen LogP contribution in [-0.2, 0) is 6.18 Å². The molecule has 0 atom stereocenters. The minimum Gasteiger partial charge on any atom is -0.382 e. The monoisotopic (exact) mass is 287 g/mol. The summed E-state index contributed by atoms with van der Waals surface area (Å²) < 4.78 is 37.7. The molecule has 0 aliphatic rings. The first-order chi connectivity index (χ1) is 8.88. The molecule has 3 nitrogen and oxygen atoms in total. The number of benzene rings is 1. The van der Waals surface area contributed by atoms with Gasteiger partial charge in [-0.15, -0.1) is 0 Å². The van der Waals surface area contributed by atoms with Crippen molar-refractivity contribution in [2.45, 2.75) is 6.18 Å². The number of nitrogens with one attached hydrogen (secondary N) is 1. The fourth-order valence-corrected chi connectivity index (χ4v) is 1.62. The Morgan fingerprint density at radius 1 is 1.16 bits per heavy atom. The molecule has 3 N–H and O–H groups in total. The van der Waals surface area contributed by atoms with E-state index in [1.165, 1.54) is 0 Å². The van der Waals surface area contributed by atoms with Crippen LogP contribution in [-0.4, -0.2) is 4.98 Å². The molecule has 1 aromatic carbocycles. The van der Waals surface area contributed by atoms with E-state index in [2.05, 4.69) is 10.3 Å². The summed E-state index contributed by atoms with van der Waals surface area (Å²) in [4.78, 5) is 3.52. The number of alkyl halides is 3. The first kappa shape index (κ1) is 13.5. The van der Waals surface area contributed by atoms with Crippen LogP contribution in [0.5, 0.6) is 0 Å². The number of nitrogens with two attached hydrogens (primary N) is 1. The van der Waals surface area contributed by atoms with Crippen molar-refractivity contribution in [1.82, 2.24) is 4.98 Å². The number of nitrogen functional groups attached to an aromatic ring is 1. The zero-order valence-corrected chi connectivity index (χ0v) is 10.3. The highest BCUT2D eigenvalue weighted by atomic mass is 35.5. The minimum atomic E-state index is -4.47. The van der Waals surface area contributed by atoms with Crippen molar-refractivity contribution in [2.75, 3.05) is 11.1 Å². The van der Waals surface area contributed by atoms with E-state index in [0.717, 1.165) is 6.07 Å². The Morgan fingerprint density at radius 3 is 2.47 bits per heavy atom. The zero-order chi connectivity index (χ0) is 14.0. The van der Waals surface area contributed by atoms with Gasteiger partial charge in [0, 0.05) is 6.20 Å². The van der Waals surface area contributed by atoms with Gasteiger partial charge in [-0.05, 0) is 18.2 Å². The number of para-hydroxylation sites is 1. The van der Waals surface area contributed by atoms with Gasteiger partial charge in [0.1, 0.15) is 5.82 Å². The predicted molar refractivity (Wildman–Crippen MR) is 68.4 cm³/mol. The van der Waals surface area contributed by atoms with E-state index in [1.54, 1.807) is 24.3 Å². The van der Waals surface area contributed by atoms with Gasteiger partial charge in [-0.25, -0.2) is 4.98 Å². The summed E-state index contributed by atoms with van der Waals surface area (Å²) in [6.07, 6.45) is -3.79. The number of rotatable bonds is 2. The number of nitrogens with zero attached hydrogens (tertiary/aromatic N) is 1. The van der Waals surface area contributed by atoms with Crippen LogP contribution in [0.15, 0.2) is 36.5 Å². The molecule has 19 heavy (non-hydrogen) atoms. The van der Waals surface area contributed by atoms with Crippen LogP contribution in [0.3, 0.4) is 0 Å². The van der Waals surface area contributed by atoms with Gasteiger partial charge in [0.15, 0.2) is 0 Å². The van der Waals surface area contributed by atoms with Crippen LogP contribution >= 0.6 is 11.6 Å². The Hall–Kier alpha value is -1.95. The molecule has 0 unspecified atom stereocenters. The Balaban J connectivity index is 2.38. The maximum Gasteiger partial charge on any atom is 0.417 e. The summed E-state index contributed by atoms with van der Waals surface area (Å²) in [6.45, 7) is 0. The lowest BCUT2D eigenvalue weighted by Gasteiger charge is -2.13. The highest BCUT2D eigenvalue weighted by molar-refractivity contribution is 6.33. The zero-order valence-electron chi connectivity index (χ0n) is 9.50. The van der Waals surface area contributed by atoms with Crippen molar-refractivity contribution < 1.29 is 13.2 Å². The Morgan fingerprint density at radius 2 is 1.84 bits per heavy atom. The van der Waals surface area contributed by atoms with Crippen LogP contribution in [0, 0.1) is 0 Å².